The molecule has 2 aliphatic heterocycles. The fourth-order valence-corrected chi connectivity index (χ4v) is 8.85. The Balaban J connectivity index is 1.33. The average Bonchev–Trinajstić information content (AvgIpc) is 3.17. The van der Waals surface area contributed by atoms with Crippen LogP contribution in [0.25, 0.3) is 11.0 Å². The number of esters is 1. The van der Waals surface area contributed by atoms with Gasteiger partial charge in [0, 0.05) is 30.6 Å². The molecule has 4 bridgehead atoms. The summed E-state index contributed by atoms with van der Waals surface area (Å²) in [5, 5.41) is 4.11. The maximum absolute atomic E-state index is 14.4. The Kier molecular flexibility index (Phi) is 9.64. The highest BCUT2D eigenvalue weighted by Crippen LogP contribution is 2.47. The second-order valence-electron chi connectivity index (χ2n) is 13.4. The number of hydrogen-bond donors (Lipinski definition) is 1. The number of fused-ring (bicyclic) bond motifs is 5. The number of nitrogens with two attached hydrogens (primary N) is 1. The Morgan fingerprint density at radius 1 is 0.909 bits per heavy atom. The molecule has 1 amide bonds. The number of ether oxygens (including phenoxy) is 1. The number of primary amides is 1. The number of nitrogens with zero attached hydrogens (tertiary/aromatic N) is 4. The van der Waals surface area contributed by atoms with Gasteiger partial charge in [0.2, 0.25) is 0 Å². The number of benzene rings is 1. The molecule has 2 N–H and O–H groups in total. The molecular weight excluding hydrogens is 558 g/mol. The highest BCUT2D eigenvalue weighted by Gasteiger charge is 2.45. The van der Waals surface area contributed by atoms with E-state index in [9.17, 15) is 14.4 Å². The van der Waals surface area contributed by atoms with E-state index in [2.05, 4.69) is 10.1 Å². The van der Waals surface area contributed by atoms with E-state index in [1.807, 2.05) is 28.8 Å². The molecule has 238 valence electrons. The smallest absolute Gasteiger partial charge is 0.306 e. The fraction of sp³-hybridized carbons (Fsp3) is 0.676. The van der Waals surface area contributed by atoms with Crippen LogP contribution in [0.1, 0.15) is 109 Å². The lowest BCUT2D eigenvalue weighted by Crippen LogP contribution is -2.58. The van der Waals surface area contributed by atoms with Gasteiger partial charge in [0.15, 0.2) is 12.3 Å². The predicted molar refractivity (Wildman–Crippen MR) is 168 cm³/mol. The minimum Gasteiger partial charge on any atom is -0.466 e. The monoisotopic (exact) mass is 605 g/mol. The van der Waals surface area contributed by atoms with Crippen LogP contribution in [0.2, 0.25) is 0 Å². The zero-order valence-corrected chi connectivity index (χ0v) is 26.0. The minimum atomic E-state index is -0.683. The van der Waals surface area contributed by atoms with Gasteiger partial charge in [0.1, 0.15) is 5.71 Å². The molecule has 2 aromatic rings. The van der Waals surface area contributed by atoms with Gasteiger partial charge in [-0.25, -0.2) is 4.98 Å². The van der Waals surface area contributed by atoms with E-state index >= 15 is 0 Å². The maximum atomic E-state index is 14.4. The van der Waals surface area contributed by atoms with E-state index in [1.54, 1.807) is 6.92 Å². The molecule has 10 heteroatoms. The third kappa shape index (κ3) is 6.70. The molecule has 4 fully saturated rings. The highest BCUT2D eigenvalue weighted by molar-refractivity contribution is 6.00. The van der Waals surface area contributed by atoms with Crippen molar-refractivity contribution in [3.05, 3.63) is 40.3 Å². The van der Waals surface area contributed by atoms with Gasteiger partial charge in [-0.1, -0.05) is 49.4 Å². The van der Waals surface area contributed by atoms with Crippen molar-refractivity contribution in [3.8, 4) is 0 Å². The van der Waals surface area contributed by atoms with Crippen molar-refractivity contribution < 1.29 is 19.2 Å². The molecule has 4 aliphatic rings. The van der Waals surface area contributed by atoms with Crippen LogP contribution in [-0.4, -0.2) is 63.4 Å². The molecule has 2 saturated heterocycles. The molecule has 0 spiro atoms. The van der Waals surface area contributed by atoms with E-state index in [0.29, 0.717) is 23.6 Å². The standard InChI is InChI=1S/C34H47N5O5/c1-2-43-32(41)15-14-29(37-44-21-31(35)40)33-34(42)39(30-13-6-5-12-28(30)36-33)27-19-24-10-7-11-25(20-27)38(24)26-17-22-8-3-4-9-23(16-22)18-26/h5-6,12-13,22-27H,2-4,7-11,14-21H2,1H3,(H2,35,40)/b37-29+/t22?,23?,24-,25+,26?,27+. The molecule has 44 heavy (non-hydrogen) atoms. The van der Waals surface area contributed by atoms with Crippen molar-refractivity contribution in [1.29, 1.82) is 0 Å². The van der Waals surface area contributed by atoms with Gasteiger partial charge in [-0.05, 0) is 75.8 Å². The van der Waals surface area contributed by atoms with E-state index in [0.717, 1.165) is 30.2 Å². The molecule has 2 saturated carbocycles. The second kappa shape index (κ2) is 13.8. The third-order valence-corrected chi connectivity index (χ3v) is 10.5. The van der Waals surface area contributed by atoms with Crippen LogP contribution in [-0.2, 0) is 19.2 Å². The van der Waals surface area contributed by atoms with Crippen LogP contribution in [0.5, 0.6) is 0 Å². The number of amides is 1. The predicted octanol–water partition coefficient (Wildman–Crippen LogP) is 4.86. The van der Waals surface area contributed by atoms with Gasteiger partial charge in [-0.2, -0.15) is 0 Å². The summed E-state index contributed by atoms with van der Waals surface area (Å²) in [5.74, 6) is 0.660. The summed E-state index contributed by atoms with van der Waals surface area (Å²) in [6.45, 7) is 1.57. The van der Waals surface area contributed by atoms with E-state index in [1.165, 1.54) is 64.2 Å². The van der Waals surface area contributed by atoms with Crippen molar-refractivity contribution in [2.45, 2.75) is 121 Å². The Bertz CT molecular complexity index is 1410. The lowest BCUT2D eigenvalue weighted by molar-refractivity contribution is -0.142. The highest BCUT2D eigenvalue weighted by atomic mass is 16.6. The van der Waals surface area contributed by atoms with Gasteiger partial charge in [-0.3, -0.25) is 19.3 Å². The molecule has 2 aliphatic carbocycles. The van der Waals surface area contributed by atoms with E-state index in [-0.39, 0.29) is 42.5 Å². The summed E-state index contributed by atoms with van der Waals surface area (Å²) >= 11 is 0. The van der Waals surface area contributed by atoms with Gasteiger partial charge >= 0.3 is 5.97 Å². The topological polar surface area (TPSA) is 129 Å². The Morgan fingerprint density at radius 2 is 1.61 bits per heavy atom. The summed E-state index contributed by atoms with van der Waals surface area (Å²) < 4.78 is 7.05. The average molecular weight is 606 g/mol. The zero-order chi connectivity index (χ0) is 30.6. The van der Waals surface area contributed by atoms with Gasteiger partial charge < -0.3 is 19.9 Å². The molecular formula is C34H47N5O5. The number of aromatic nitrogens is 2. The Morgan fingerprint density at radius 3 is 2.30 bits per heavy atom. The van der Waals surface area contributed by atoms with Crippen LogP contribution in [0.15, 0.2) is 34.2 Å². The number of carbonyl (C=O) groups is 2. The Hall–Kier alpha value is -3.27. The van der Waals surface area contributed by atoms with Crippen LogP contribution < -0.4 is 11.3 Å². The molecule has 1 aromatic carbocycles. The molecule has 3 heterocycles. The maximum Gasteiger partial charge on any atom is 0.306 e. The van der Waals surface area contributed by atoms with E-state index in [4.69, 9.17) is 20.3 Å². The van der Waals surface area contributed by atoms with Gasteiger partial charge in [0.05, 0.1) is 24.1 Å². The number of carbonyl (C=O) groups excluding carboxylic acids is 2. The van der Waals surface area contributed by atoms with Gasteiger partial charge in [0.25, 0.3) is 11.5 Å². The molecule has 10 nitrogen and oxygen atoms in total. The number of oxime groups is 1. The zero-order valence-electron chi connectivity index (χ0n) is 26.0. The quantitative estimate of drug-likeness (QED) is 0.233. The van der Waals surface area contributed by atoms with Crippen molar-refractivity contribution in [2.75, 3.05) is 13.2 Å². The fourth-order valence-electron chi connectivity index (χ4n) is 8.85. The molecule has 5 atom stereocenters. The van der Waals surface area contributed by atoms with Crippen molar-refractivity contribution in [2.24, 2.45) is 22.7 Å². The van der Waals surface area contributed by atoms with E-state index < -0.39 is 18.5 Å². The first-order valence-corrected chi connectivity index (χ1v) is 16.8. The van der Waals surface area contributed by atoms with Gasteiger partial charge in [-0.15, -0.1) is 0 Å². The largest absolute Gasteiger partial charge is 0.466 e. The number of rotatable bonds is 10. The first-order valence-electron chi connectivity index (χ1n) is 16.8. The normalized spacial score (nSPS) is 29.2. The van der Waals surface area contributed by atoms with Crippen LogP contribution in [0, 0.1) is 11.8 Å². The first-order chi connectivity index (χ1) is 21.4. The lowest BCUT2D eigenvalue weighted by atomic mass is 9.73. The van der Waals surface area contributed by atoms with Crippen molar-refractivity contribution >= 4 is 28.6 Å². The van der Waals surface area contributed by atoms with Crippen LogP contribution in [0.4, 0.5) is 0 Å². The first kappa shape index (κ1) is 30.7. The SMILES string of the molecule is CCOC(=O)CC/C(=N\OCC(N)=O)c1nc2ccccc2n([C@H]2C[C@H]3CCC[C@@H](C2)N3C2CC3CCCCC(C3)C2)c1=O. The molecule has 1 aromatic heterocycles. The molecule has 2 unspecified atom stereocenters. The lowest BCUT2D eigenvalue weighted by Gasteiger charge is -2.54. The number of piperidine rings is 2. The second-order valence-corrected chi connectivity index (χ2v) is 13.4. The van der Waals surface area contributed by atoms with Crippen LogP contribution >= 0.6 is 0 Å². The number of para-hydroxylation sites is 2. The summed E-state index contributed by atoms with van der Waals surface area (Å²) in [4.78, 5) is 50.8. The Labute approximate surface area is 259 Å². The minimum absolute atomic E-state index is 0.00641. The summed E-state index contributed by atoms with van der Waals surface area (Å²) in [6.07, 6.45) is 15.2. The summed E-state index contributed by atoms with van der Waals surface area (Å²) in [6, 6.07) is 9.37. The van der Waals surface area contributed by atoms with Crippen LogP contribution in [0.3, 0.4) is 0 Å². The molecule has 0 radical (unpaired) electrons. The third-order valence-electron chi connectivity index (χ3n) is 10.5. The van der Waals surface area contributed by atoms with Crippen molar-refractivity contribution in [3.63, 3.8) is 0 Å². The molecule has 6 rings (SSSR count). The van der Waals surface area contributed by atoms with Crippen molar-refractivity contribution in [1.82, 2.24) is 14.5 Å². The summed E-state index contributed by atoms with van der Waals surface area (Å²) in [7, 11) is 0. The number of hydrogen-bond acceptors (Lipinski definition) is 8. The summed E-state index contributed by atoms with van der Waals surface area (Å²) in [5.41, 5.74) is 6.86.